The van der Waals surface area contributed by atoms with E-state index in [-0.39, 0.29) is 61.1 Å². The van der Waals surface area contributed by atoms with Crippen LogP contribution in [0, 0.1) is 46.3 Å². The first-order chi connectivity index (χ1) is 40.9. The Labute approximate surface area is 511 Å². The molecule has 5 saturated heterocycles. The molecule has 34 unspecified atom stereocenters. The number of carbonyl (C=O) groups is 1. The summed E-state index contributed by atoms with van der Waals surface area (Å²) in [5, 5.41) is 148. The van der Waals surface area contributed by atoms with Crippen LogP contribution in [0.2, 0.25) is 0 Å². The van der Waals surface area contributed by atoms with Gasteiger partial charge >= 0.3 is 10.4 Å². The predicted molar refractivity (Wildman–Crippen MR) is 296 cm³/mol. The number of hydrogen-bond donors (Lipinski definition) is 14. The topological polar surface area (TPSA) is 445 Å². The summed E-state index contributed by atoms with van der Waals surface area (Å²) in [4.78, 5) is 13.6. The molecule has 9 rings (SSSR count). The van der Waals surface area contributed by atoms with E-state index in [1.165, 1.54) is 27.7 Å². The van der Waals surface area contributed by atoms with Crippen LogP contribution < -0.4 is 0 Å². The largest absolute Gasteiger partial charge is 0.397 e. The highest BCUT2D eigenvalue weighted by Crippen LogP contribution is 2.67. The van der Waals surface area contributed by atoms with Crippen molar-refractivity contribution in [2.45, 2.75) is 292 Å². The molecule has 508 valence electrons. The van der Waals surface area contributed by atoms with Crippen LogP contribution in [0.15, 0.2) is 11.6 Å². The summed E-state index contributed by atoms with van der Waals surface area (Å²) in [7, 11) is -3.79. The Morgan fingerprint density at radius 1 is 0.636 bits per heavy atom. The Balaban J connectivity index is 1.01. The zero-order chi connectivity index (χ0) is 65.0. The monoisotopic (exact) mass is 1290 g/mol. The molecule has 29 nitrogen and oxygen atoms in total. The lowest BCUT2D eigenvalue weighted by molar-refractivity contribution is -0.435. The summed E-state index contributed by atoms with van der Waals surface area (Å²) in [5.41, 5.74) is -1.45. The summed E-state index contributed by atoms with van der Waals surface area (Å²) in [5.74, 6) is -4.48. The van der Waals surface area contributed by atoms with Crippen molar-refractivity contribution >= 4 is 16.2 Å². The Hall–Kier alpha value is -1.68. The van der Waals surface area contributed by atoms with Crippen LogP contribution in [0.5, 0.6) is 0 Å². The number of allylic oxidation sites excluding steroid dienone is 2. The first kappa shape index (κ1) is 70.6. The molecular weight excluding hydrogens is 1190 g/mol. The maximum atomic E-state index is 13.6. The second kappa shape index (κ2) is 26.5. The summed E-state index contributed by atoms with van der Waals surface area (Å²) >= 11 is 0. The number of rotatable bonds is 18. The van der Waals surface area contributed by atoms with Crippen molar-refractivity contribution in [1.29, 1.82) is 0 Å². The minimum Gasteiger partial charge on any atom is -0.389 e. The molecule has 0 aromatic heterocycles. The fourth-order valence-electron chi connectivity index (χ4n) is 16.0. The van der Waals surface area contributed by atoms with Crippen LogP contribution in [0.3, 0.4) is 0 Å². The molecule has 0 bridgehead atoms. The molecule has 14 N–H and O–H groups in total. The molecule has 9 aliphatic rings. The Bertz CT molecular complexity index is 2540. The van der Waals surface area contributed by atoms with Crippen LogP contribution in [0.4, 0.5) is 0 Å². The van der Waals surface area contributed by atoms with Gasteiger partial charge in [0, 0.05) is 19.4 Å². The van der Waals surface area contributed by atoms with Crippen LogP contribution in [0.25, 0.3) is 0 Å². The molecule has 8 fully saturated rings. The minimum absolute atomic E-state index is 0.0229. The summed E-state index contributed by atoms with van der Waals surface area (Å²) < 4.78 is 106. The predicted octanol–water partition coefficient (Wildman–Crippen LogP) is -2.11. The normalized spacial score (nSPS) is 50.9. The lowest BCUT2D eigenvalue weighted by Crippen LogP contribution is -2.70. The number of ether oxygens (including phenoxy) is 11. The van der Waals surface area contributed by atoms with Gasteiger partial charge in [0.05, 0.1) is 36.1 Å². The van der Waals surface area contributed by atoms with Gasteiger partial charge in [0.1, 0.15) is 97.3 Å². The van der Waals surface area contributed by atoms with Gasteiger partial charge in [0.2, 0.25) is 5.79 Å². The Morgan fingerprint density at radius 3 is 1.74 bits per heavy atom. The molecule has 0 amide bonds. The second-order valence-corrected chi connectivity index (χ2v) is 28.6. The van der Waals surface area contributed by atoms with E-state index in [2.05, 4.69) is 13.0 Å². The minimum atomic E-state index is -4.92. The summed E-state index contributed by atoms with van der Waals surface area (Å²) in [6.07, 6.45) is -40.1. The van der Waals surface area contributed by atoms with Gasteiger partial charge in [0.15, 0.2) is 37.7 Å². The van der Waals surface area contributed by atoms with Crippen LogP contribution >= 0.6 is 0 Å². The van der Waals surface area contributed by atoms with Gasteiger partial charge < -0.3 is 118 Å². The van der Waals surface area contributed by atoms with E-state index < -0.39 is 198 Å². The first-order valence-corrected chi connectivity index (χ1v) is 32.2. The highest BCUT2D eigenvalue weighted by Gasteiger charge is 2.65. The number of ketones is 1. The number of carbonyl (C=O) groups excluding carboxylic acids is 1. The average Bonchev–Trinajstić information content (AvgIpc) is 3.42. The van der Waals surface area contributed by atoms with E-state index in [0.29, 0.717) is 25.7 Å². The van der Waals surface area contributed by atoms with Crippen molar-refractivity contribution < 1.29 is 140 Å². The fourth-order valence-corrected chi connectivity index (χ4v) is 16.5. The number of hydrogen-bond acceptors (Lipinski definition) is 28. The molecule has 0 spiro atoms. The third-order valence-corrected chi connectivity index (χ3v) is 22.0. The van der Waals surface area contributed by atoms with E-state index in [4.69, 9.17) is 56.3 Å². The molecule has 0 aromatic carbocycles. The SMILES string of the molecule is COC1OC(OC2C(C)OC(OC3C(O)C(OC4CC5C(=CCC6(C)C5CCC6C(C)(O)CC(=O)C(C)C(C)C)C5(C)CCC(OS(=O)(=O)O)CC45)OC(C)C3(O)O)C(OC3OC(C)C(O)C(O)C3O)C2O)C(OC2OC(C)C(O)C(O)C2O)C(O)C1O. The Morgan fingerprint density at radius 2 is 1.17 bits per heavy atom. The number of aliphatic hydroxyl groups excluding tert-OH is 10. The molecule has 0 aromatic rings. The highest BCUT2D eigenvalue weighted by molar-refractivity contribution is 7.80. The molecule has 4 aliphatic carbocycles. The van der Waals surface area contributed by atoms with Crippen LogP contribution in [-0.2, 0) is 71.5 Å². The number of Topliss-reactive ketones (excluding diaryl/α,β-unsaturated/α-hetero) is 1. The molecular formula is C58H96O29S. The third-order valence-electron chi connectivity index (χ3n) is 21.5. The van der Waals surface area contributed by atoms with Crippen molar-refractivity contribution in [2.24, 2.45) is 46.3 Å². The molecule has 5 heterocycles. The van der Waals surface area contributed by atoms with Gasteiger partial charge in [-0.25, -0.2) is 4.18 Å². The lowest BCUT2D eigenvalue weighted by Gasteiger charge is -2.60. The van der Waals surface area contributed by atoms with Crippen LogP contribution in [-0.4, -0.2) is 263 Å². The van der Waals surface area contributed by atoms with Gasteiger partial charge in [-0.05, 0) is 120 Å². The van der Waals surface area contributed by atoms with Gasteiger partial charge in [-0.2, -0.15) is 8.42 Å². The van der Waals surface area contributed by atoms with Gasteiger partial charge in [0.25, 0.3) is 0 Å². The fraction of sp³-hybridized carbons (Fsp3) is 0.948. The second-order valence-electron chi connectivity index (χ2n) is 27.5. The lowest BCUT2D eigenvalue weighted by atomic mass is 9.47. The highest BCUT2D eigenvalue weighted by atomic mass is 32.3. The van der Waals surface area contributed by atoms with E-state index in [9.17, 15) is 84.1 Å². The molecule has 88 heavy (non-hydrogen) atoms. The standard InChI is InChI=1S/C58H96O29S/c1-21(2)22(3)32(59)20-57(10,70)34-13-12-29-28-19-33(31-18-27(87-88(73,74)75)14-16-55(31,8)30(28)15-17-56(29,34)9)81-52-44(69)48(58(71,72)26(7)80-52)85-53-47(84-51-41(66)38(63)36(61)24(5)78-51)43(68)45(25(6)79-53)82-54-46(39(64)42(67)49(76-11)86-54)83-50-40(65)37(62)35(60)23(4)77-50/h15,21-29,31,33-54,60-72H,12-14,16-20H2,1-11H3,(H,73,74,75). The van der Waals surface area contributed by atoms with Crippen LogP contribution in [0.1, 0.15) is 121 Å². The van der Waals surface area contributed by atoms with Crippen molar-refractivity contribution in [2.75, 3.05) is 7.11 Å². The molecule has 3 saturated carbocycles. The maximum absolute atomic E-state index is 13.6. The van der Waals surface area contributed by atoms with E-state index in [1.54, 1.807) is 6.92 Å². The zero-order valence-corrected chi connectivity index (χ0v) is 52.3. The summed E-state index contributed by atoms with van der Waals surface area (Å²) in [6.45, 7) is 17.0. The number of methoxy groups -OCH3 is 1. The smallest absolute Gasteiger partial charge is 0.389 e. The average molecular weight is 1290 g/mol. The molecule has 30 heteroatoms. The maximum Gasteiger partial charge on any atom is 0.397 e. The quantitative estimate of drug-likeness (QED) is 0.0397. The van der Waals surface area contributed by atoms with Gasteiger partial charge in [-0.3, -0.25) is 9.35 Å². The Kier molecular flexibility index (Phi) is 21.3. The third kappa shape index (κ3) is 13.4. The van der Waals surface area contributed by atoms with E-state index in [1.807, 2.05) is 27.7 Å². The summed E-state index contributed by atoms with van der Waals surface area (Å²) in [6, 6.07) is 0. The first-order valence-electron chi connectivity index (χ1n) is 30.8. The molecule has 5 aliphatic heterocycles. The van der Waals surface area contributed by atoms with Gasteiger partial charge in [-0.1, -0.05) is 46.3 Å². The van der Waals surface area contributed by atoms with Crippen molar-refractivity contribution in [3.8, 4) is 0 Å². The zero-order valence-electron chi connectivity index (χ0n) is 51.5. The van der Waals surface area contributed by atoms with Crippen molar-refractivity contribution in [3.63, 3.8) is 0 Å². The van der Waals surface area contributed by atoms with Crippen molar-refractivity contribution in [3.05, 3.63) is 11.6 Å². The van der Waals surface area contributed by atoms with Gasteiger partial charge in [-0.15, -0.1) is 0 Å². The van der Waals surface area contributed by atoms with E-state index >= 15 is 0 Å². The molecule has 34 atom stereocenters. The number of aliphatic hydroxyl groups is 13. The number of fused-ring (bicyclic) bond motifs is 5. The van der Waals surface area contributed by atoms with Crippen molar-refractivity contribution in [1.82, 2.24) is 0 Å². The van der Waals surface area contributed by atoms with E-state index in [0.717, 1.165) is 12.7 Å². The molecule has 0 radical (unpaired) electrons.